The third-order valence-electron chi connectivity index (χ3n) is 3.91. The molecule has 5 nitrogen and oxygen atoms in total. The highest BCUT2D eigenvalue weighted by molar-refractivity contribution is 6.09. The fraction of sp³-hybridized carbons (Fsp3) is 0.190. The summed E-state index contributed by atoms with van der Waals surface area (Å²) in [5, 5.41) is 21.3. The van der Waals surface area contributed by atoms with Crippen molar-refractivity contribution in [1.82, 2.24) is 0 Å². The summed E-state index contributed by atoms with van der Waals surface area (Å²) in [5.74, 6) is -3.48. The third-order valence-corrected chi connectivity index (χ3v) is 3.91. The van der Waals surface area contributed by atoms with E-state index in [4.69, 9.17) is 5.26 Å². The van der Waals surface area contributed by atoms with Gasteiger partial charge in [0.15, 0.2) is 11.7 Å². The number of aliphatic hydroxyl groups is 1. The van der Waals surface area contributed by atoms with Gasteiger partial charge in [0, 0.05) is 12.1 Å². The summed E-state index contributed by atoms with van der Waals surface area (Å²) in [6, 6.07) is 14.2. The van der Waals surface area contributed by atoms with Crippen LogP contribution >= 0.6 is 0 Å². The Kier molecular flexibility index (Phi) is 7.28. The number of anilines is 1. The molecule has 0 aliphatic heterocycles. The van der Waals surface area contributed by atoms with Crippen LogP contribution < -0.4 is 5.32 Å². The van der Waals surface area contributed by atoms with Crippen LogP contribution in [0.5, 0.6) is 0 Å². The van der Waals surface area contributed by atoms with E-state index in [2.05, 4.69) is 5.32 Å². The highest BCUT2D eigenvalue weighted by atomic mass is 19.4. The molecular formula is C21H17F3N2O3. The van der Waals surface area contributed by atoms with Crippen LogP contribution in [0.4, 0.5) is 18.9 Å². The fourth-order valence-electron chi connectivity index (χ4n) is 2.41. The number of alkyl halides is 3. The average Bonchev–Trinajstić information content (AvgIpc) is 2.67. The van der Waals surface area contributed by atoms with Gasteiger partial charge >= 0.3 is 6.18 Å². The smallest absolute Gasteiger partial charge is 0.389 e. The van der Waals surface area contributed by atoms with E-state index >= 15 is 0 Å². The molecule has 0 radical (unpaired) electrons. The standard InChI is InChI=1S/C21H17F3N2O3/c22-21(23,24)15-7-9-16(10-8-15)26-20(29)18(13-25)19(28)12-17(27)11-6-14-4-2-1-3-5-14/h1-11,17-18,27H,12H2,(H,26,29). The summed E-state index contributed by atoms with van der Waals surface area (Å²) < 4.78 is 37.7. The molecule has 0 spiro atoms. The molecule has 0 saturated heterocycles. The summed E-state index contributed by atoms with van der Waals surface area (Å²) in [6.07, 6.45) is -3.20. The number of rotatable bonds is 7. The van der Waals surface area contributed by atoms with Crippen LogP contribution in [0.2, 0.25) is 0 Å². The number of carbonyl (C=O) groups excluding carboxylic acids is 2. The summed E-state index contributed by atoms with van der Waals surface area (Å²) in [5.41, 5.74) is -0.0758. The van der Waals surface area contributed by atoms with Crippen LogP contribution in [0, 0.1) is 17.2 Å². The van der Waals surface area contributed by atoms with Gasteiger partial charge in [0.25, 0.3) is 0 Å². The topological polar surface area (TPSA) is 90.2 Å². The summed E-state index contributed by atoms with van der Waals surface area (Å²) >= 11 is 0. The molecule has 0 aliphatic rings. The van der Waals surface area contributed by atoms with Crippen LogP contribution in [-0.2, 0) is 15.8 Å². The first-order valence-electron chi connectivity index (χ1n) is 8.52. The quantitative estimate of drug-likeness (QED) is 0.689. The lowest BCUT2D eigenvalue weighted by Crippen LogP contribution is -2.30. The number of Topliss-reactive ketones (excluding diaryl/α,β-unsaturated/α-hetero) is 1. The molecule has 0 saturated carbocycles. The molecule has 8 heteroatoms. The molecule has 1 amide bonds. The zero-order valence-electron chi connectivity index (χ0n) is 15.1. The van der Waals surface area contributed by atoms with Crippen molar-refractivity contribution < 1.29 is 27.9 Å². The molecule has 0 fully saturated rings. The van der Waals surface area contributed by atoms with E-state index in [9.17, 15) is 27.9 Å². The molecule has 0 heterocycles. The van der Waals surface area contributed by atoms with E-state index in [1.165, 1.54) is 6.08 Å². The minimum absolute atomic E-state index is 0.0144. The molecule has 0 aromatic heterocycles. The van der Waals surface area contributed by atoms with Crippen LogP contribution in [0.1, 0.15) is 17.5 Å². The number of hydrogen-bond donors (Lipinski definition) is 2. The fourth-order valence-corrected chi connectivity index (χ4v) is 2.41. The Bertz CT molecular complexity index is 917. The van der Waals surface area contributed by atoms with E-state index in [-0.39, 0.29) is 5.69 Å². The number of nitrogens with zero attached hydrogens (tertiary/aromatic N) is 1. The summed E-state index contributed by atoms with van der Waals surface area (Å²) in [6.45, 7) is 0. The SMILES string of the molecule is N#CC(C(=O)CC(O)C=Cc1ccccc1)C(=O)Nc1ccc(C(F)(F)F)cc1. The zero-order chi connectivity index (χ0) is 21.4. The van der Waals surface area contributed by atoms with Gasteiger partial charge in [0.1, 0.15) is 0 Å². The first-order valence-corrected chi connectivity index (χ1v) is 8.52. The van der Waals surface area contributed by atoms with Crippen molar-refractivity contribution in [2.24, 2.45) is 5.92 Å². The van der Waals surface area contributed by atoms with Crippen molar-refractivity contribution in [3.63, 3.8) is 0 Å². The van der Waals surface area contributed by atoms with Crippen LogP contribution in [-0.4, -0.2) is 22.9 Å². The lowest BCUT2D eigenvalue weighted by Gasteiger charge is -2.12. The Balaban J connectivity index is 1.96. The Morgan fingerprint density at radius 3 is 2.28 bits per heavy atom. The Morgan fingerprint density at radius 1 is 1.10 bits per heavy atom. The lowest BCUT2D eigenvalue weighted by atomic mass is 9.99. The van der Waals surface area contributed by atoms with Crippen molar-refractivity contribution in [2.45, 2.75) is 18.7 Å². The molecule has 0 aliphatic carbocycles. The number of hydrogen-bond acceptors (Lipinski definition) is 4. The van der Waals surface area contributed by atoms with Gasteiger partial charge in [0.2, 0.25) is 5.91 Å². The monoisotopic (exact) mass is 402 g/mol. The van der Waals surface area contributed by atoms with Crippen molar-refractivity contribution >= 4 is 23.5 Å². The van der Waals surface area contributed by atoms with Crippen molar-refractivity contribution in [1.29, 1.82) is 5.26 Å². The van der Waals surface area contributed by atoms with E-state index in [1.807, 2.05) is 6.07 Å². The first kappa shape index (κ1) is 21.9. The van der Waals surface area contributed by atoms with Gasteiger partial charge in [-0.2, -0.15) is 18.4 Å². The highest BCUT2D eigenvalue weighted by Crippen LogP contribution is 2.29. The number of amides is 1. The van der Waals surface area contributed by atoms with E-state index in [1.54, 1.807) is 36.4 Å². The molecule has 2 rings (SSSR count). The van der Waals surface area contributed by atoms with Gasteiger partial charge in [-0.1, -0.05) is 42.5 Å². The second kappa shape index (κ2) is 9.66. The third kappa shape index (κ3) is 6.59. The van der Waals surface area contributed by atoms with Gasteiger partial charge < -0.3 is 10.4 Å². The highest BCUT2D eigenvalue weighted by Gasteiger charge is 2.31. The second-order valence-corrected chi connectivity index (χ2v) is 6.13. The maximum atomic E-state index is 12.6. The predicted molar refractivity (Wildman–Crippen MR) is 100 cm³/mol. The molecule has 2 N–H and O–H groups in total. The van der Waals surface area contributed by atoms with Gasteiger partial charge in [-0.05, 0) is 29.8 Å². The first-order chi connectivity index (χ1) is 13.7. The average molecular weight is 402 g/mol. The number of nitrogens with one attached hydrogen (secondary N) is 1. The van der Waals surface area contributed by atoms with Crippen molar-refractivity contribution in [3.05, 3.63) is 71.8 Å². The minimum atomic E-state index is -4.52. The van der Waals surface area contributed by atoms with Gasteiger partial charge in [-0.15, -0.1) is 0 Å². The molecular weight excluding hydrogens is 385 g/mol. The number of nitriles is 1. The Hall–Kier alpha value is -3.44. The number of halogens is 3. The van der Waals surface area contributed by atoms with E-state index < -0.39 is 41.9 Å². The van der Waals surface area contributed by atoms with Crippen molar-refractivity contribution in [2.75, 3.05) is 5.32 Å². The molecule has 2 aromatic carbocycles. The number of carbonyl (C=O) groups is 2. The molecule has 2 atom stereocenters. The Labute approximate surface area is 165 Å². The Morgan fingerprint density at radius 2 is 1.72 bits per heavy atom. The summed E-state index contributed by atoms with van der Waals surface area (Å²) in [4.78, 5) is 24.3. The van der Waals surface area contributed by atoms with E-state index in [0.717, 1.165) is 29.8 Å². The zero-order valence-corrected chi connectivity index (χ0v) is 15.1. The summed E-state index contributed by atoms with van der Waals surface area (Å²) in [7, 11) is 0. The largest absolute Gasteiger partial charge is 0.416 e. The van der Waals surface area contributed by atoms with Gasteiger partial charge in [0.05, 0.1) is 17.7 Å². The second-order valence-electron chi connectivity index (χ2n) is 6.13. The predicted octanol–water partition coefficient (Wildman–Crippen LogP) is 3.82. The molecule has 150 valence electrons. The molecule has 29 heavy (non-hydrogen) atoms. The number of benzene rings is 2. The van der Waals surface area contributed by atoms with E-state index in [0.29, 0.717) is 0 Å². The molecule has 2 unspecified atom stereocenters. The molecule has 2 aromatic rings. The minimum Gasteiger partial charge on any atom is -0.389 e. The van der Waals surface area contributed by atoms with Gasteiger partial charge in [-0.25, -0.2) is 0 Å². The maximum Gasteiger partial charge on any atom is 0.416 e. The van der Waals surface area contributed by atoms with Crippen LogP contribution in [0.3, 0.4) is 0 Å². The number of ketones is 1. The van der Waals surface area contributed by atoms with Crippen LogP contribution in [0.15, 0.2) is 60.7 Å². The lowest BCUT2D eigenvalue weighted by molar-refractivity contribution is -0.137. The van der Waals surface area contributed by atoms with Crippen LogP contribution in [0.25, 0.3) is 6.08 Å². The normalized spacial score (nSPS) is 13.5. The number of aliphatic hydroxyl groups excluding tert-OH is 1. The van der Waals surface area contributed by atoms with Crippen molar-refractivity contribution in [3.8, 4) is 6.07 Å². The molecule has 0 bridgehead atoms. The maximum absolute atomic E-state index is 12.6. The van der Waals surface area contributed by atoms with Gasteiger partial charge in [-0.3, -0.25) is 9.59 Å².